The molecule has 1 heterocycles. The third-order valence-corrected chi connectivity index (χ3v) is 3.09. The molecule has 0 bridgehead atoms. The Kier molecular flexibility index (Phi) is 3.44. The lowest BCUT2D eigenvalue weighted by Crippen LogP contribution is -2.33. The van der Waals surface area contributed by atoms with Crippen LogP contribution in [0.4, 0.5) is 0 Å². The van der Waals surface area contributed by atoms with Gasteiger partial charge in [-0.2, -0.15) is 0 Å². The van der Waals surface area contributed by atoms with Crippen LogP contribution in [-0.4, -0.2) is 12.7 Å². The fourth-order valence-corrected chi connectivity index (χ4v) is 2.22. The first-order chi connectivity index (χ1) is 7.29. The summed E-state index contributed by atoms with van der Waals surface area (Å²) in [6.07, 6.45) is 5.48. The third-order valence-electron chi connectivity index (χ3n) is 3.09. The summed E-state index contributed by atoms with van der Waals surface area (Å²) in [6.45, 7) is 2.86. The first kappa shape index (κ1) is 10.7. The van der Waals surface area contributed by atoms with E-state index in [-0.39, 0.29) is 6.04 Å². The van der Waals surface area contributed by atoms with Gasteiger partial charge in [-0.25, -0.2) is 0 Å². The van der Waals surface area contributed by atoms with Gasteiger partial charge in [0.1, 0.15) is 5.76 Å². The van der Waals surface area contributed by atoms with Gasteiger partial charge in [0, 0.05) is 6.61 Å². The van der Waals surface area contributed by atoms with Crippen LogP contribution in [0.15, 0.2) is 22.8 Å². The van der Waals surface area contributed by atoms with Crippen LogP contribution < -0.4 is 5.73 Å². The molecule has 1 aromatic rings. The molecule has 0 radical (unpaired) electrons. The maximum absolute atomic E-state index is 6.03. The summed E-state index contributed by atoms with van der Waals surface area (Å²) >= 11 is 0. The second kappa shape index (κ2) is 4.81. The molecule has 15 heavy (non-hydrogen) atoms. The van der Waals surface area contributed by atoms with Gasteiger partial charge in [0.2, 0.25) is 0 Å². The molecule has 1 unspecified atom stereocenters. The first-order valence-electron chi connectivity index (χ1n) is 5.70. The molecule has 1 aromatic heterocycles. The van der Waals surface area contributed by atoms with Crippen molar-refractivity contribution in [1.29, 1.82) is 0 Å². The minimum atomic E-state index is 0.0487. The van der Waals surface area contributed by atoms with Gasteiger partial charge in [-0.15, -0.1) is 0 Å². The molecule has 3 heteroatoms. The lowest BCUT2D eigenvalue weighted by Gasteiger charge is -2.36. The second-order valence-corrected chi connectivity index (χ2v) is 4.27. The van der Waals surface area contributed by atoms with Gasteiger partial charge in [-0.05, 0) is 44.2 Å². The van der Waals surface area contributed by atoms with Crippen molar-refractivity contribution in [3.63, 3.8) is 0 Å². The van der Waals surface area contributed by atoms with Gasteiger partial charge < -0.3 is 14.9 Å². The zero-order valence-electron chi connectivity index (χ0n) is 9.19. The van der Waals surface area contributed by atoms with Gasteiger partial charge in [0.15, 0.2) is 0 Å². The van der Waals surface area contributed by atoms with Crippen LogP contribution in [0.2, 0.25) is 0 Å². The third kappa shape index (κ3) is 2.61. The lowest BCUT2D eigenvalue weighted by atomic mass is 9.78. The van der Waals surface area contributed by atoms with Crippen LogP contribution in [-0.2, 0) is 4.74 Å². The van der Waals surface area contributed by atoms with Gasteiger partial charge in [0.05, 0.1) is 18.4 Å². The second-order valence-electron chi connectivity index (χ2n) is 4.27. The number of rotatable bonds is 5. The lowest BCUT2D eigenvalue weighted by molar-refractivity contribution is -0.0286. The fourth-order valence-electron chi connectivity index (χ4n) is 2.22. The van der Waals surface area contributed by atoms with Crippen LogP contribution in [0.3, 0.4) is 0 Å². The van der Waals surface area contributed by atoms with Crippen molar-refractivity contribution in [1.82, 2.24) is 0 Å². The number of nitrogens with two attached hydrogens (primary N) is 1. The summed E-state index contributed by atoms with van der Waals surface area (Å²) in [5.41, 5.74) is 6.03. The monoisotopic (exact) mass is 209 g/mol. The van der Waals surface area contributed by atoms with Crippen molar-refractivity contribution >= 4 is 0 Å². The minimum absolute atomic E-state index is 0.0487. The molecule has 2 N–H and O–H groups in total. The average molecular weight is 209 g/mol. The topological polar surface area (TPSA) is 48.4 Å². The summed E-state index contributed by atoms with van der Waals surface area (Å²) in [6, 6.07) is 3.88. The minimum Gasteiger partial charge on any atom is -0.468 e. The van der Waals surface area contributed by atoms with Crippen LogP contribution in [0.25, 0.3) is 0 Å². The molecule has 0 amide bonds. The zero-order chi connectivity index (χ0) is 10.7. The highest BCUT2D eigenvalue weighted by atomic mass is 16.5. The summed E-state index contributed by atoms with van der Waals surface area (Å²) in [7, 11) is 0. The highest BCUT2D eigenvalue weighted by molar-refractivity contribution is 5.04. The van der Waals surface area contributed by atoms with Crippen molar-refractivity contribution < 1.29 is 9.15 Å². The number of hydrogen-bond acceptors (Lipinski definition) is 3. The van der Waals surface area contributed by atoms with E-state index < -0.39 is 0 Å². The molecule has 1 saturated carbocycles. The van der Waals surface area contributed by atoms with E-state index in [0.29, 0.717) is 12.0 Å². The van der Waals surface area contributed by atoms with E-state index in [4.69, 9.17) is 14.9 Å². The van der Waals surface area contributed by atoms with Crippen molar-refractivity contribution in [2.45, 2.75) is 38.3 Å². The molecule has 1 aliphatic carbocycles. The van der Waals surface area contributed by atoms with Crippen LogP contribution in [0.1, 0.15) is 38.0 Å². The Labute approximate surface area is 90.6 Å². The smallest absolute Gasteiger partial charge is 0.120 e. The van der Waals surface area contributed by atoms with E-state index in [1.54, 1.807) is 6.26 Å². The van der Waals surface area contributed by atoms with E-state index in [0.717, 1.165) is 31.6 Å². The Bertz CT molecular complexity index is 278. The van der Waals surface area contributed by atoms with Crippen molar-refractivity contribution in [2.75, 3.05) is 6.61 Å². The van der Waals surface area contributed by atoms with E-state index >= 15 is 0 Å². The molecule has 1 fully saturated rings. The predicted octanol–water partition coefficient (Wildman–Crippen LogP) is 2.48. The maximum atomic E-state index is 6.03. The highest BCUT2D eigenvalue weighted by Gasteiger charge is 2.31. The zero-order valence-corrected chi connectivity index (χ0v) is 9.19. The number of furan rings is 1. The van der Waals surface area contributed by atoms with E-state index in [1.807, 2.05) is 19.1 Å². The van der Waals surface area contributed by atoms with Gasteiger partial charge >= 0.3 is 0 Å². The van der Waals surface area contributed by atoms with E-state index in [2.05, 4.69) is 0 Å². The molecule has 0 spiro atoms. The molecule has 1 atom stereocenters. The Hall–Kier alpha value is -0.800. The van der Waals surface area contributed by atoms with Crippen LogP contribution in [0, 0.1) is 5.92 Å². The molecular weight excluding hydrogens is 190 g/mol. The molecule has 0 aliphatic heterocycles. The molecule has 3 nitrogen and oxygen atoms in total. The van der Waals surface area contributed by atoms with Crippen LogP contribution in [0.5, 0.6) is 0 Å². The van der Waals surface area contributed by atoms with E-state index in [9.17, 15) is 0 Å². The Morgan fingerprint density at radius 1 is 1.60 bits per heavy atom. The van der Waals surface area contributed by atoms with Crippen molar-refractivity contribution in [3.05, 3.63) is 24.2 Å². The Balaban J connectivity index is 1.71. The predicted molar refractivity (Wildman–Crippen MR) is 58.4 cm³/mol. The molecule has 2 rings (SSSR count). The summed E-state index contributed by atoms with van der Waals surface area (Å²) in [4.78, 5) is 0. The number of ether oxygens (including phenoxy) is 1. The number of hydrogen-bond donors (Lipinski definition) is 1. The Morgan fingerprint density at radius 2 is 2.40 bits per heavy atom. The normalized spacial score (nSPS) is 27.3. The average Bonchev–Trinajstić information content (AvgIpc) is 2.67. The highest BCUT2D eigenvalue weighted by Crippen LogP contribution is 2.36. The van der Waals surface area contributed by atoms with Crippen molar-refractivity contribution in [3.8, 4) is 0 Å². The van der Waals surface area contributed by atoms with Crippen molar-refractivity contribution in [2.24, 2.45) is 11.7 Å². The summed E-state index contributed by atoms with van der Waals surface area (Å²) < 4.78 is 10.8. The molecule has 84 valence electrons. The van der Waals surface area contributed by atoms with Gasteiger partial charge in [0.25, 0.3) is 0 Å². The molecule has 1 aliphatic rings. The van der Waals surface area contributed by atoms with Crippen LogP contribution >= 0.6 is 0 Å². The van der Waals surface area contributed by atoms with Gasteiger partial charge in [-0.1, -0.05) is 0 Å². The molecule has 0 saturated heterocycles. The van der Waals surface area contributed by atoms with E-state index in [1.165, 1.54) is 0 Å². The standard InChI is InChI=1S/C12H19NO2/c1-2-14-10-6-9(7-10)8-11(13)12-4-3-5-15-12/h3-5,9-11H,2,6-8,13H2,1H3. The van der Waals surface area contributed by atoms with Gasteiger partial charge in [-0.3, -0.25) is 0 Å². The quantitative estimate of drug-likeness (QED) is 0.810. The Morgan fingerprint density at radius 3 is 3.00 bits per heavy atom. The maximum Gasteiger partial charge on any atom is 0.120 e. The first-order valence-corrected chi connectivity index (χ1v) is 5.70. The SMILES string of the molecule is CCOC1CC(CC(N)c2ccco2)C1. The summed E-state index contributed by atoms with van der Waals surface area (Å²) in [5, 5.41) is 0. The fraction of sp³-hybridized carbons (Fsp3) is 0.667. The summed E-state index contributed by atoms with van der Waals surface area (Å²) in [5.74, 6) is 1.61. The largest absolute Gasteiger partial charge is 0.468 e. The molecular formula is C12H19NO2. The molecule has 0 aromatic carbocycles.